The van der Waals surface area contributed by atoms with E-state index in [4.69, 9.17) is 0 Å². The van der Waals surface area contributed by atoms with Crippen LogP contribution < -0.4 is 5.56 Å². The van der Waals surface area contributed by atoms with Crippen molar-refractivity contribution in [3.8, 4) is 11.1 Å². The van der Waals surface area contributed by atoms with E-state index in [-0.39, 0.29) is 17.4 Å². The third kappa shape index (κ3) is 3.56. The summed E-state index contributed by atoms with van der Waals surface area (Å²) in [7, 11) is 0. The van der Waals surface area contributed by atoms with Crippen LogP contribution in [0.3, 0.4) is 0 Å². The summed E-state index contributed by atoms with van der Waals surface area (Å²) >= 11 is 0. The lowest BCUT2D eigenvalue weighted by Gasteiger charge is -2.32. The number of aryl methyl sites for hydroxylation is 1. The highest BCUT2D eigenvalue weighted by molar-refractivity contribution is 5.94. The molecule has 0 saturated carbocycles. The lowest BCUT2D eigenvalue weighted by molar-refractivity contribution is 0.0705. The largest absolute Gasteiger partial charge is 0.338 e. The molecule has 1 aromatic carbocycles. The number of nitrogens with one attached hydrogen (secondary N) is 2. The molecule has 6 heteroatoms. The molecule has 138 valence electrons. The van der Waals surface area contributed by atoms with Gasteiger partial charge in [0.05, 0.1) is 11.8 Å². The van der Waals surface area contributed by atoms with Crippen LogP contribution in [0.25, 0.3) is 11.1 Å². The van der Waals surface area contributed by atoms with Gasteiger partial charge in [-0.2, -0.15) is 5.10 Å². The van der Waals surface area contributed by atoms with Crippen LogP contribution in [0.4, 0.5) is 0 Å². The van der Waals surface area contributed by atoms with Crippen LogP contribution in [0, 0.1) is 6.92 Å². The molecular weight excluding hydrogens is 340 g/mol. The highest BCUT2D eigenvalue weighted by Crippen LogP contribution is 2.33. The van der Waals surface area contributed by atoms with Crippen molar-refractivity contribution in [1.29, 1.82) is 0 Å². The van der Waals surface area contributed by atoms with Gasteiger partial charge in [0.1, 0.15) is 0 Å². The van der Waals surface area contributed by atoms with E-state index in [1.807, 2.05) is 11.1 Å². The molecule has 1 saturated heterocycles. The number of nitrogens with zero attached hydrogens (tertiary/aromatic N) is 2. The summed E-state index contributed by atoms with van der Waals surface area (Å²) in [5, 5.41) is 7.43. The number of carbonyl (C=O) groups excluding carboxylic acids is 1. The van der Waals surface area contributed by atoms with E-state index < -0.39 is 0 Å². The number of rotatable bonds is 3. The number of aromatic amines is 2. The summed E-state index contributed by atoms with van der Waals surface area (Å²) < 4.78 is 0. The van der Waals surface area contributed by atoms with E-state index in [1.165, 1.54) is 17.8 Å². The lowest BCUT2D eigenvalue weighted by Crippen LogP contribution is -2.39. The van der Waals surface area contributed by atoms with Gasteiger partial charge in [-0.1, -0.05) is 29.8 Å². The van der Waals surface area contributed by atoms with Gasteiger partial charge in [-0.15, -0.1) is 0 Å². The number of carbonyl (C=O) groups is 1. The summed E-state index contributed by atoms with van der Waals surface area (Å²) in [5.41, 5.74) is 4.84. The number of pyridine rings is 1. The third-order valence-electron chi connectivity index (χ3n) is 5.18. The molecule has 0 radical (unpaired) electrons. The number of hydrogen-bond donors (Lipinski definition) is 2. The zero-order chi connectivity index (χ0) is 18.8. The number of benzene rings is 1. The summed E-state index contributed by atoms with van der Waals surface area (Å²) in [4.78, 5) is 28.5. The smallest absolute Gasteiger partial charge is 0.255 e. The molecule has 0 aliphatic carbocycles. The average Bonchev–Trinajstić information content (AvgIpc) is 3.18. The molecule has 1 fully saturated rings. The fourth-order valence-electron chi connectivity index (χ4n) is 3.69. The normalized spacial score (nSPS) is 17.1. The highest BCUT2D eigenvalue weighted by Gasteiger charge is 2.28. The first-order valence-corrected chi connectivity index (χ1v) is 9.20. The first kappa shape index (κ1) is 17.3. The summed E-state index contributed by atoms with van der Waals surface area (Å²) in [6.45, 7) is 3.43. The van der Waals surface area contributed by atoms with Gasteiger partial charge in [-0.05, 0) is 31.4 Å². The van der Waals surface area contributed by atoms with Crippen LogP contribution in [-0.4, -0.2) is 39.1 Å². The number of H-pyrrole nitrogens is 2. The van der Waals surface area contributed by atoms with Crippen LogP contribution in [0.15, 0.2) is 53.6 Å². The Hall–Kier alpha value is -3.15. The van der Waals surface area contributed by atoms with Crippen LogP contribution in [0.5, 0.6) is 0 Å². The van der Waals surface area contributed by atoms with E-state index in [1.54, 1.807) is 6.07 Å². The van der Waals surface area contributed by atoms with Crippen molar-refractivity contribution in [1.82, 2.24) is 20.1 Å². The molecule has 1 atom stereocenters. The predicted molar refractivity (Wildman–Crippen MR) is 104 cm³/mol. The number of amides is 1. The minimum atomic E-state index is -0.205. The number of aromatic nitrogens is 3. The topological polar surface area (TPSA) is 81.8 Å². The highest BCUT2D eigenvalue weighted by atomic mass is 16.2. The Morgan fingerprint density at radius 2 is 2.00 bits per heavy atom. The molecule has 0 spiro atoms. The standard InChI is InChI=1S/C21H22N4O2/c1-14-4-6-15(7-5-14)18-12-23-24-20(18)17-3-2-10-25(13-17)21(27)16-8-9-19(26)22-11-16/h4-9,11-12,17H,2-3,10,13H2,1H3,(H,22,26)(H,23,24). The Balaban J connectivity index is 1.56. The van der Waals surface area contributed by atoms with Gasteiger partial charge >= 0.3 is 0 Å². The fourth-order valence-corrected chi connectivity index (χ4v) is 3.69. The van der Waals surface area contributed by atoms with Gasteiger partial charge in [0.2, 0.25) is 5.56 Å². The molecule has 6 nitrogen and oxygen atoms in total. The van der Waals surface area contributed by atoms with Crippen LogP contribution in [-0.2, 0) is 0 Å². The Bertz CT molecular complexity index is 983. The van der Waals surface area contributed by atoms with E-state index in [9.17, 15) is 9.59 Å². The summed E-state index contributed by atoms with van der Waals surface area (Å²) in [6, 6.07) is 11.4. The molecule has 4 rings (SSSR count). The van der Waals surface area contributed by atoms with Gasteiger partial charge in [0, 0.05) is 42.5 Å². The molecular formula is C21H22N4O2. The van der Waals surface area contributed by atoms with E-state index in [2.05, 4.69) is 46.4 Å². The number of hydrogen-bond acceptors (Lipinski definition) is 3. The minimum absolute atomic E-state index is 0.0487. The minimum Gasteiger partial charge on any atom is -0.338 e. The molecule has 27 heavy (non-hydrogen) atoms. The summed E-state index contributed by atoms with van der Waals surface area (Å²) in [6.07, 6.45) is 5.30. The van der Waals surface area contributed by atoms with Crippen LogP contribution in [0.2, 0.25) is 0 Å². The monoisotopic (exact) mass is 362 g/mol. The van der Waals surface area contributed by atoms with Crippen molar-refractivity contribution in [3.63, 3.8) is 0 Å². The molecule has 2 N–H and O–H groups in total. The molecule has 2 aromatic heterocycles. The molecule has 3 aromatic rings. The van der Waals surface area contributed by atoms with Crippen LogP contribution in [0.1, 0.15) is 40.4 Å². The van der Waals surface area contributed by atoms with Crippen molar-refractivity contribution < 1.29 is 4.79 Å². The Morgan fingerprint density at radius 3 is 2.74 bits per heavy atom. The first-order valence-electron chi connectivity index (χ1n) is 9.20. The van der Waals surface area contributed by atoms with Crippen LogP contribution >= 0.6 is 0 Å². The Labute approximate surface area is 157 Å². The Morgan fingerprint density at radius 1 is 1.19 bits per heavy atom. The molecule has 3 heterocycles. The van der Waals surface area contributed by atoms with Crippen molar-refractivity contribution in [3.05, 3.63) is 76.0 Å². The maximum absolute atomic E-state index is 12.8. The van der Waals surface area contributed by atoms with Crippen molar-refractivity contribution in [2.75, 3.05) is 13.1 Å². The van der Waals surface area contributed by atoms with Gasteiger partial charge < -0.3 is 9.88 Å². The second-order valence-corrected chi connectivity index (χ2v) is 7.10. The fraction of sp³-hybridized carbons (Fsp3) is 0.286. The predicted octanol–water partition coefficient (Wildman–Crippen LogP) is 3.09. The maximum Gasteiger partial charge on any atom is 0.255 e. The van der Waals surface area contributed by atoms with E-state index in [0.717, 1.165) is 36.2 Å². The SMILES string of the molecule is Cc1ccc(-c2cn[nH]c2C2CCCN(C(=O)c3ccc(=O)[nH]c3)C2)cc1. The molecule has 1 aliphatic heterocycles. The zero-order valence-electron chi connectivity index (χ0n) is 15.2. The molecule has 1 unspecified atom stereocenters. The maximum atomic E-state index is 12.8. The number of likely N-dealkylation sites (tertiary alicyclic amines) is 1. The van der Waals surface area contributed by atoms with Gasteiger partial charge in [-0.25, -0.2) is 0 Å². The van der Waals surface area contributed by atoms with E-state index >= 15 is 0 Å². The average molecular weight is 362 g/mol. The zero-order valence-corrected chi connectivity index (χ0v) is 15.2. The van der Waals surface area contributed by atoms with Crippen molar-refractivity contribution in [2.45, 2.75) is 25.7 Å². The molecule has 0 bridgehead atoms. The number of piperidine rings is 1. The molecule has 1 aliphatic rings. The van der Waals surface area contributed by atoms with Crippen molar-refractivity contribution in [2.24, 2.45) is 0 Å². The van der Waals surface area contributed by atoms with E-state index in [0.29, 0.717) is 12.1 Å². The van der Waals surface area contributed by atoms with Gasteiger partial charge in [0.15, 0.2) is 0 Å². The Kier molecular flexibility index (Phi) is 4.62. The third-order valence-corrected chi connectivity index (χ3v) is 5.18. The summed E-state index contributed by atoms with van der Waals surface area (Å²) in [5.74, 6) is 0.164. The van der Waals surface area contributed by atoms with Gasteiger partial charge in [-0.3, -0.25) is 14.7 Å². The quantitative estimate of drug-likeness (QED) is 0.751. The van der Waals surface area contributed by atoms with Crippen molar-refractivity contribution >= 4 is 5.91 Å². The van der Waals surface area contributed by atoms with Gasteiger partial charge in [0.25, 0.3) is 5.91 Å². The second kappa shape index (κ2) is 7.23. The lowest BCUT2D eigenvalue weighted by atomic mass is 9.90. The second-order valence-electron chi connectivity index (χ2n) is 7.10. The first-order chi connectivity index (χ1) is 13.1. The molecule has 1 amide bonds.